The van der Waals surface area contributed by atoms with E-state index < -0.39 is 0 Å². The van der Waals surface area contributed by atoms with Crippen molar-refractivity contribution < 1.29 is 14.0 Å². The number of rotatable bonds is 8. The molecular weight excluding hydrogens is 356 g/mol. The van der Waals surface area contributed by atoms with Gasteiger partial charge in [-0.1, -0.05) is 25.1 Å². The van der Waals surface area contributed by atoms with Gasteiger partial charge in [0.05, 0.1) is 11.3 Å². The number of benzene rings is 1. The molecule has 0 unspecified atom stereocenters. The largest absolute Gasteiger partial charge is 0.460 e. The lowest BCUT2D eigenvalue weighted by molar-refractivity contribution is -0.120. The van der Waals surface area contributed by atoms with Crippen molar-refractivity contribution in [3.05, 3.63) is 60.0 Å². The zero-order chi connectivity index (χ0) is 19.9. The number of hydrogen-bond donors (Lipinski definition) is 2. The Balaban J connectivity index is 1.79. The summed E-state index contributed by atoms with van der Waals surface area (Å²) >= 11 is 0. The highest BCUT2D eigenvalue weighted by atomic mass is 16.3. The van der Waals surface area contributed by atoms with Crippen molar-refractivity contribution in [1.82, 2.24) is 20.4 Å². The molecule has 0 bridgehead atoms. The van der Waals surface area contributed by atoms with Gasteiger partial charge >= 0.3 is 0 Å². The molecule has 7 nitrogen and oxygen atoms in total. The van der Waals surface area contributed by atoms with E-state index in [1.165, 1.54) is 0 Å². The first kappa shape index (κ1) is 19.4. The maximum atomic E-state index is 12.7. The van der Waals surface area contributed by atoms with Crippen LogP contribution in [0.4, 0.5) is 0 Å². The van der Waals surface area contributed by atoms with E-state index in [4.69, 9.17) is 4.42 Å². The van der Waals surface area contributed by atoms with E-state index in [1.807, 2.05) is 50.2 Å². The Labute approximate surface area is 163 Å². The maximum absolute atomic E-state index is 12.7. The third kappa shape index (κ3) is 4.68. The molecular formula is C21H24N4O3. The summed E-state index contributed by atoms with van der Waals surface area (Å²) in [5.74, 6) is 0.889. The van der Waals surface area contributed by atoms with Gasteiger partial charge in [-0.2, -0.15) is 5.10 Å². The molecule has 0 fully saturated rings. The normalized spacial score (nSPS) is 10.6. The van der Waals surface area contributed by atoms with Crippen LogP contribution in [0.1, 0.15) is 35.9 Å². The van der Waals surface area contributed by atoms with E-state index in [0.717, 1.165) is 17.9 Å². The smallest absolute Gasteiger partial charge is 0.255 e. The molecule has 2 heterocycles. The first-order chi connectivity index (χ1) is 13.6. The van der Waals surface area contributed by atoms with Crippen LogP contribution in [0.25, 0.3) is 17.1 Å². The van der Waals surface area contributed by atoms with E-state index in [1.54, 1.807) is 16.9 Å². The second kappa shape index (κ2) is 9.03. The number of carbonyl (C=O) groups is 2. The first-order valence-corrected chi connectivity index (χ1v) is 9.35. The molecule has 1 aromatic carbocycles. The third-order valence-corrected chi connectivity index (χ3v) is 4.16. The number of amides is 2. The first-order valence-electron chi connectivity index (χ1n) is 9.35. The van der Waals surface area contributed by atoms with Gasteiger partial charge in [0.25, 0.3) is 5.91 Å². The zero-order valence-electron chi connectivity index (χ0n) is 16.1. The second-order valence-corrected chi connectivity index (χ2v) is 6.44. The van der Waals surface area contributed by atoms with Gasteiger partial charge in [0.15, 0.2) is 5.76 Å². The molecule has 0 atom stereocenters. The highest BCUT2D eigenvalue weighted by Crippen LogP contribution is 2.25. The minimum atomic E-state index is -0.297. The van der Waals surface area contributed by atoms with Crippen LogP contribution in [0, 0.1) is 6.92 Å². The fraction of sp³-hybridized carbons (Fsp3) is 0.286. The van der Waals surface area contributed by atoms with Gasteiger partial charge in [0.2, 0.25) is 5.91 Å². The number of furan rings is 1. The van der Waals surface area contributed by atoms with Crippen molar-refractivity contribution in [3.8, 4) is 17.1 Å². The molecule has 3 rings (SSSR count). The van der Waals surface area contributed by atoms with Crippen molar-refractivity contribution in [2.75, 3.05) is 13.1 Å². The van der Waals surface area contributed by atoms with E-state index in [9.17, 15) is 9.59 Å². The molecule has 0 radical (unpaired) electrons. The Bertz CT molecular complexity index is 944. The fourth-order valence-corrected chi connectivity index (χ4v) is 2.73. The molecule has 0 aliphatic rings. The van der Waals surface area contributed by atoms with Crippen molar-refractivity contribution >= 4 is 11.8 Å². The highest BCUT2D eigenvalue weighted by molar-refractivity contribution is 5.99. The van der Waals surface area contributed by atoms with E-state index in [-0.39, 0.29) is 24.8 Å². The molecule has 0 aliphatic carbocycles. The Morgan fingerprint density at radius 1 is 1.07 bits per heavy atom. The van der Waals surface area contributed by atoms with Crippen molar-refractivity contribution in [2.45, 2.75) is 26.7 Å². The third-order valence-electron chi connectivity index (χ3n) is 4.16. The quantitative estimate of drug-likeness (QED) is 0.628. The maximum Gasteiger partial charge on any atom is 0.255 e. The van der Waals surface area contributed by atoms with Crippen LogP contribution in [-0.4, -0.2) is 34.7 Å². The van der Waals surface area contributed by atoms with Crippen LogP contribution < -0.4 is 10.6 Å². The summed E-state index contributed by atoms with van der Waals surface area (Å²) in [6, 6.07) is 13.2. The van der Waals surface area contributed by atoms with Gasteiger partial charge in [-0.25, -0.2) is 4.68 Å². The van der Waals surface area contributed by atoms with Gasteiger partial charge < -0.3 is 15.1 Å². The molecule has 3 aromatic rings. The predicted molar refractivity (Wildman–Crippen MR) is 106 cm³/mol. The topological polar surface area (TPSA) is 89.2 Å². The SMILES string of the molecule is CCCNC(=O)CCNC(=O)c1cn(-c2ccccc2)nc1-c1ccc(C)o1. The number of aryl methyl sites for hydroxylation is 1. The van der Waals surface area contributed by atoms with Gasteiger partial charge in [0, 0.05) is 25.7 Å². The van der Waals surface area contributed by atoms with Crippen LogP contribution in [0.3, 0.4) is 0 Å². The Morgan fingerprint density at radius 2 is 1.86 bits per heavy atom. The summed E-state index contributed by atoms with van der Waals surface area (Å²) < 4.78 is 7.33. The Hall–Kier alpha value is -3.35. The molecule has 7 heteroatoms. The fourth-order valence-electron chi connectivity index (χ4n) is 2.73. The summed E-state index contributed by atoms with van der Waals surface area (Å²) in [6.45, 7) is 4.72. The van der Waals surface area contributed by atoms with Crippen LogP contribution in [-0.2, 0) is 4.79 Å². The second-order valence-electron chi connectivity index (χ2n) is 6.44. The summed E-state index contributed by atoms with van der Waals surface area (Å²) in [7, 11) is 0. The van der Waals surface area contributed by atoms with Crippen LogP contribution in [0.2, 0.25) is 0 Å². The van der Waals surface area contributed by atoms with Gasteiger partial charge in [0.1, 0.15) is 11.5 Å². The number of carbonyl (C=O) groups excluding carboxylic acids is 2. The average Bonchev–Trinajstić information content (AvgIpc) is 3.33. The minimum absolute atomic E-state index is 0.0796. The monoisotopic (exact) mass is 380 g/mol. The number of para-hydroxylation sites is 1. The lowest BCUT2D eigenvalue weighted by Gasteiger charge is -2.05. The van der Waals surface area contributed by atoms with Crippen molar-refractivity contribution in [3.63, 3.8) is 0 Å². The Kier molecular flexibility index (Phi) is 6.26. The lowest BCUT2D eigenvalue weighted by atomic mass is 10.2. The number of nitrogens with zero attached hydrogens (tertiary/aromatic N) is 2. The standard InChI is InChI=1S/C21H24N4O3/c1-3-12-22-19(26)11-13-23-21(27)17-14-25(16-7-5-4-6-8-16)24-20(17)18-10-9-15(2)28-18/h4-10,14H,3,11-13H2,1-2H3,(H,22,26)(H,23,27). The van der Waals surface area contributed by atoms with Gasteiger partial charge in [-0.15, -0.1) is 0 Å². The molecule has 0 saturated carbocycles. The molecule has 2 N–H and O–H groups in total. The molecule has 2 aromatic heterocycles. The summed E-state index contributed by atoms with van der Waals surface area (Å²) in [6.07, 6.45) is 2.78. The van der Waals surface area contributed by atoms with E-state index >= 15 is 0 Å². The number of aromatic nitrogens is 2. The van der Waals surface area contributed by atoms with Gasteiger partial charge in [-0.3, -0.25) is 9.59 Å². The Morgan fingerprint density at radius 3 is 2.54 bits per heavy atom. The van der Waals surface area contributed by atoms with E-state index in [0.29, 0.717) is 23.6 Å². The summed E-state index contributed by atoms with van der Waals surface area (Å²) in [4.78, 5) is 24.5. The number of hydrogen-bond acceptors (Lipinski definition) is 4. The van der Waals surface area contributed by atoms with Gasteiger partial charge in [-0.05, 0) is 37.6 Å². The molecule has 0 saturated heterocycles. The molecule has 2 amide bonds. The van der Waals surface area contributed by atoms with Crippen LogP contribution in [0.15, 0.2) is 53.1 Å². The van der Waals surface area contributed by atoms with Crippen molar-refractivity contribution in [1.29, 1.82) is 0 Å². The van der Waals surface area contributed by atoms with Crippen LogP contribution >= 0.6 is 0 Å². The van der Waals surface area contributed by atoms with E-state index in [2.05, 4.69) is 15.7 Å². The zero-order valence-corrected chi connectivity index (χ0v) is 16.1. The molecule has 28 heavy (non-hydrogen) atoms. The average molecular weight is 380 g/mol. The molecule has 0 spiro atoms. The minimum Gasteiger partial charge on any atom is -0.460 e. The summed E-state index contributed by atoms with van der Waals surface area (Å²) in [5, 5.41) is 10.1. The van der Waals surface area contributed by atoms with Crippen molar-refractivity contribution in [2.24, 2.45) is 0 Å². The summed E-state index contributed by atoms with van der Waals surface area (Å²) in [5.41, 5.74) is 1.70. The molecule has 146 valence electrons. The van der Waals surface area contributed by atoms with Crippen LogP contribution in [0.5, 0.6) is 0 Å². The molecule has 0 aliphatic heterocycles. The predicted octanol–water partition coefficient (Wildman–Crippen LogP) is 3.09. The lowest BCUT2D eigenvalue weighted by Crippen LogP contribution is -2.31. The number of nitrogens with one attached hydrogen (secondary N) is 2. The highest BCUT2D eigenvalue weighted by Gasteiger charge is 2.20.